The monoisotopic (exact) mass is 540 g/mol. The molecule has 3 N–H and O–H groups in total. The number of aryl methyl sites for hydroxylation is 1. The van der Waals surface area contributed by atoms with Crippen LogP contribution < -0.4 is 31.0 Å². The number of aromatic nitrogens is 3. The molecule has 2 aromatic carbocycles. The minimum Gasteiger partial charge on any atom is -0.475 e. The second kappa shape index (κ2) is 10.6. The van der Waals surface area contributed by atoms with Gasteiger partial charge in [-0.2, -0.15) is 13.2 Å². The van der Waals surface area contributed by atoms with Crippen molar-refractivity contribution in [1.29, 1.82) is 0 Å². The lowest BCUT2D eigenvalue weighted by Gasteiger charge is -2.27. The number of alkyl halides is 3. The van der Waals surface area contributed by atoms with Gasteiger partial charge in [0, 0.05) is 31.0 Å². The Morgan fingerprint density at radius 2 is 1.92 bits per heavy atom. The van der Waals surface area contributed by atoms with Crippen molar-refractivity contribution in [1.82, 2.24) is 19.9 Å². The number of urea groups is 1. The topological polar surface area (TPSA) is 119 Å². The van der Waals surface area contributed by atoms with E-state index >= 15 is 0 Å². The lowest BCUT2D eigenvalue weighted by atomic mass is 10.1. The van der Waals surface area contributed by atoms with Crippen LogP contribution in [-0.2, 0) is 13.2 Å². The SMILES string of the molecule is Cn1cnc2ccc(Oc3cccc(NC(=O)Nc4cc(C(F)(F)F)cnc4OC[C@@H]4CCN4)c3)cc2c1=O. The number of rotatable bonds is 7. The molecule has 1 aliphatic heterocycles. The van der Waals surface area contributed by atoms with E-state index in [4.69, 9.17) is 9.47 Å². The first-order chi connectivity index (χ1) is 18.7. The van der Waals surface area contributed by atoms with Crippen molar-refractivity contribution in [2.75, 3.05) is 23.8 Å². The fourth-order valence-electron chi connectivity index (χ4n) is 3.79. The smallest absolute Gasteiger partial charge is 0.417 e. The van der Waals surface area contributed by atoms with E-state index in [1.165, 1.54) is 17.0 Å². The molecule has 0 spiro atoms. The molecule has 13 heteroatoms. The number of benzene rings is 2. The van der Waals surface area contributed by atoms with E-state index in [0.29, 0.717) is 34.3 Å². The highest BCUT2D eigenvalue weighted by Crippen LogP contribution is 2.34. The van der Waals surface area contributed by atoms with E-state index in [1.807, 2.05) is 0 Å². The molecular weight excluding hydrogens is 517 g/mol. The van der Waals surface area contributed by atoms with Crippen LogP contribution in [0.1, 0.15) is 12.0 Å². The van der Waals surface area contributed by atoms with Gasteiger partial charge in [0.15, 0.2) is 0 Å². The Morgan fingerprint density at radius 1 is 1.13 bits per heavy atom. The molecule has 1 aliphatic rings. The molecule has 0 bridgehead atoms. The van der Waals surface area contributed by atoms with Gasteiger partial charge >= 0.3 is 12.2 Å². The molecule has 10 nitrogen and oxygen atoms in total. The van der Waals surface area contributed by atoms with Crippen molar-refractivity contribution in [3.8, 4) is 17.4 Å². The molecule has 4 aromatic rings. The van der Waals surface area contributed by atoms with Gasteiger partial charge in [-0.05, 0) is 49.4 Å². The third kappa shape index (κ3) is 6.09. The number of hydrogen-bond donors (Lipinski definition) is 3. The van der Waals surface area contributed by atoms with Gasteiger partial charge in [-0.15, -0.1) is 0 Å². The Morgan fingerprint density at radius 3 is 2.67 bits per heavy atom. The maximum absolute atomic E-state index is 13.3. The Labute approximate surface area is 219 Å². The first kappa shape index (κ1) is 26.0. The van der Waals surface area contributed by atoms with Crippen LogP contribution >= 0.6 is 0 Å². The van der Waals surface area contributed by atoms with Crippen molar-refractivity contribution >= 4 is 28.3 Å². The van der Waals surface area contributed by atoms with Crippen molar-refractivity contribution in [3.63, 3.8) is 0 Å². The molecule has 5 rings (SSSR count). The van der Waals surface area contributed by atoms with Crippen molar-refractivity contribution in [2.45, 2.75) is 18.6 Å². The molecule has 2 amide bonds. The summed E-state index contributed by atoms with van der Waals surface area (Å²) in [4.78, 5) is 33.1. The summed E-state index contributed by atoms with van der Waals surface area (Å²) in [5.74, 6) is 0.610. The molecule has 1 atom stereocenters. The van der Waals surface area contributed by atoms with E-state index < -0.39 is 17.8 Å². The summed E-state index contributed by atoms with van der Waals surface area (Å²) in [6, 6.07) is 11.3. The Balaban J connectivity index is 1.30. The van der Waals surface area contributed by atoms with Gasteiger partial charge in [0.2, 0.25) is 5.88 Å². The Kier molecular flexibility index (Phi) is 7.07. The third-order valence-corrected chi connectivity index (χ3v) is 5.99. The number of amides is 2. The van der Waals surface area contributed by atoms with Gasteiger partial charge in [-0.25, -0.2) is 14.8 Å². The second-order valence-corrected chi connectivity index (χ2v) is 8.87. The zero-order valence-electron chi connectivity index (χ0n) is 20.6. The van der Waals surface area contributed by atoms with Crippen LogP contribution in [-0.4, -0.2) is 39.8 Å². The predicted molar refractivity (Wildman–Crippen MR) is 137 cm³/mol. The molecule has 2 aromatic heterocycles. The molecule has 1 saturated heterocycles. The number of carbonyl (C=O) groups is 1. The van der Waals surface area contributed by atoms with Crippen molar-refractivity contribution in [2.24, 2.45) is 7.05 Å². The molecule has 0 aliphatic carbocycles. The van der Waals surface area contributed by atoms with Crippen LogP contribution in [0.5, 0.6) is 17.4 Å². The highest BCUT2D eigenvalue weighted by Gasteiger charge is 2.32. The van der Waals surface area contributed by atoms with Crippen molar-refractivity contribution < 1.29 is 27.4 Å². The standard InChI is InChI=1S/C26H23F3N6O4/c1-35-14-32-21-6-5-19(11-20(21)24(35)36)39-18-4-2-3-16(10-18)33-25(37)34-22-9-15(26(27,28)29)12-31-23(22)38-13-17-7-8-30-17/h2-6,9-12,14,17,30H,7-8,13H2,1H3,(H2,33,34,37)/t17-/m0/s1. The third-order valence-electron chi connectivity index (χ3n) is 5.99. The molecule has 0 radical (unpaired) electrons. The Bertz CT molecular complexity index is 1590. The highest BCUT2D eigenvalue weighted by molar-refractivity contribution is 6.00. The first-order valence-corrected chi connectivity index (χ1v) is 11.9. The minimum atomic E-state index is -4.65. The van der Waals surface area contributed by atoms with Crippen LogP contribution in [0, 0.1) is 0 Å². The number of hydrogen-bond acceptors (Lipinski definition) is 7. The lowest BCUT2D eigenvalue weighted by molar-refractivity contribution is -0.137. The van der Waals surface area contributed by atoms with Crippen LogP contribution in [0.4, 0.5) is 29.3 Å². The number of anilines is 2. The number of nitrogens with zero attached hydrogens (tertiary/aromatic N) is 3. The molecule has 1 fully saturated rings. The maximum atomic E-state index is 13.3. The van der Waals surface area contributed by atoms with Crippen LogP contribution in [0.25, 0.3) is 10.9 Å². The lowest BCUT2D eigenvalue weighted by Crippen LogP contribution is -2.46. The van der Waals surface area contributed by atoms with Gasteiger partial charge < -0.3 is 30.0 Å². The van der Waals surface area contributed by atoms with E-state index in [-0.39, 0.29) is 29.8 Å². The molecule has 3 heterocycles. The summed E-state index contributed by atoms with van der Waals surface area (Å²) < 4.78 is 52.5. The first-order valence-electron chi connectivity index (χ1n) is 11.9. The van der Waals surface area contributed by atoms with Crippen LogP contribution in [0.2, 0.25) is 0 Å². The fraction of sp³-hybridized carbons (Fsp3) is 0.231. The van der Waals surface area contributed by atoms with Gasteiger partial charge in [0.25, 0.3) is 5.56 Å². The molecule has 202 valence electrons. The largest absolute Gasteiger partial charge is 0.475 e. The summed E-state index contributed by atoms with van der Waals surface area (Å²) in [5, 5.41) is 8.45. The van der Waals surface area contributed by atoms with Gasteiger partial charge in [-0.1, -0.05) is 6.07 Å². The van der Waals surface area contributed by atoms with E-state index in [2.05, 4.69) is 25.9 Å². The zero-order chi connectivity index (χ0) is 27.6. The molecule has 39 heavy (non-hydrogen) atoms. The summed E-state index contributed by atoms with van der Waals surface area (Å²) in [5.41, 5.74) is -0.643. The predicted octanol–water partition coefficient (Wildman–Crippen LogP) is 4.52. The van der Waals surface area contributed by atoms with E-state index in [1.54, 1.807) is 43.4 Å². The van der Waals surface area contributed by atoms with E-state index in [0.717, 1.165) is 19.0 Å². The number of halogens is 3. The number of carbonyl (C=O) groups excluding carboxylic acids is 1. The van der Waals surface area contributed by atoms with Crippen LogP contribution in [0.15, 0.2) is 65.8 Å². The number of ether oxygens (including phenoxy) is 2. The highest BCUT2D eigenvalue weighted by atomic mass is 19.4. The summed E-state index contributed by atoms with van der Waals surface area (Å²) in [6.45, 7) is 1.03. The summed E-state index contributed by atoms with van der Waals surface area (Å²) in [7, 11) is 1.60. The minimum absolute atomic E-state index is 0.0698. The van der Waals surface area contributed by atoms with Gasteiger partial charge in [0.1, 0.15) is 23.8 Å². The Hall–Kier alpha value is -4.65. The van der Waals surface area contributed by atoms with Gasteiger partial charge in [0.05, 0.1) is 22.8 Å². The normalized spacial score (nSPS) is 14.9. The summed E-state index contributed by atoms with van der Waals surface area (Å²) >= 11 is 0. The molecular formula is C26H23F3N6O4. The second-order valence-electron chi connectivity index (χ2n) is 8.87. The average Bonchev–Trinajstić information content (AvgIpc) is 2.86. The van der Waals surface area contributed by atoms with E-state index in [9.17, 15) is 22.8 Å². The van der Waals surface area contributed by atoms with Crippen molar-refractivity contribution in [3.05, 3.63) is 77.0 Å². The summed E-state index contributed by atoms with van der Waals surface area (Å²) in [6.07, 6.45) is -1.69. The number of nitrogens with one attached hydrogen (secondary N) is 3. The maximum Gasteiger partial charge on any atom is 0.417 e. The zero-order valence-corrected chi connectivity index (χ0v) is 20.6. The fourth-order valence-corrected chi connectivity index (χ4v) is 3.79. The number of pyridine rings is 1. The van der Waals surface area contributed by atoms with Crippen LogP contribution in [0.3, 0.4) is 0 Å². The number of fused-ring (bicyclic) bond motifs is 1. The molecule has 0 unspecified atom stereocenters. The van der Waals surface area contributed by atoms with Gasteiger partial charge in [-0.3, -0.25) is 4.79 Å². The quantitative estimate of drug-likeness (QED) is 0.315. The average molecular weight is 541 g/mol. The molecule has 0 saturated carbocycles.